The van der Waals surface area contributed by atoms with E-state index in [4.69, 9.17) is 0 Å². The highest BCUT2D eigenvalue weighted by atomic mass is 15.4. The first-order valence-corrected chi connectivity index (χ1v) is 7.41. The van der Waals surface area contributed by atoms with Gasteiger partial charge in [0, 0.05) is 11.8 Å². The molecule has 0 spiro atoms. The maximum atomic E-state index is 9.34. The van der Waals surface area contributed by atoms with Gasteiger partial charge in [-0.2, -0.15) is 5.26 Å². The van der Waals surface area contributed by atoms with Gasteiger partial charge in [0.1, 0.15) is 18.2 Å². The number of hydrogen-bond acceptors (Lipinski definition) is 4. The van der Waals surface area contributed by atoms with Crippen molar-refractivity contribution in [3.8, 4) is 17.2 Å². The van der Waals surface area contributed by atoms with Crippen LogP contribution in [0.25, 0.3) is 22.2 Å². The lowest BCUT2D eigenvalue weighted by Gasteiger charge is -2.10. The van der Waals surface area contributed by atoms with E-state index in [0.29, 0.717) is 11.4 Å². The molecule has 0 bridgehead atoms. The molecular weight excluding hydrogens is 298 g/mol. The van der Waals surface area contributed by atoms with Crippen LogP contribution in [0.3, 0.4) is 0 Å². The summed E-state index contributed by atoms with van der Waals surface area (Å²) in [5.41, 5.74) is 7.38. The molecule has 0 aliphatic carbocycles. The molecule has 0 unspecified atom stereocenters. The van der Waals surface area contributed by atoms with E-state index in [1.54, 1.807) is 12.5 Å². The molecule has 5 nitrogen and oxygen atoms in total. The number of nitrogens with one attached hydrogen (secondary N) is 1. The Bertz CT molecular complexity index is 1040. The lowest BCUT2D eigenvalue weighted by Crippen LogP contribution is -2.09. The normalized spacial score (nSPS) is 10.5. The summed E-state index contributed by atoms with van der Waals surface area (Å²) in [5, 5.41) is 9.34. The first-order chi connectivity index (χ1) is 11.8. The molecule has 4 rings (SSSR count). The molecule has 24 heavy (non-hydrogen) atoms. The van der Waals surface area contributed by atoms with Crippen molar-refractivity contribution in [2.24, 2.45) is 0 Å². The third-order valence-corrected chi connectivity index (χ3v) is 3.74. The van der Waals surface area contributed by atoms with Gasteiger partial charge in [0.05, 0.1) is 16.6 Å². The van der Waals surface area contributed by atoms with Crippen LogP contribution in [0.2, 0.25) is 0 Å². The topological polar surface area (TPSA) is 66.5 Å². The Morgan fingerprint density at radius 1 is 1.08 bits per heavy atom. The van der Waals surface area contributed by atoms with E-state index in [1.807, 2.05) is 59.3 Å². The van der Waals surface area contributed by atoms with E-state index in [1.165, 1.54) is 0 Å². The molecule has 0 saturated heterocycles. The van der Waals surface area contributed by atoms with Crippen LogP contribution in [0.1, 0.15) is 5.56 Å². The molecule has 0 amide bonds. The van der Waals surface area contributed by atoms with Crippen LogP contribution in [0.15, 0.2) is 67.1 Å². The van der Waals surface area contributed by atoms with E-state index in [-0.39, 0.29) is 0 Å². The van der Waals surface area contributed by atoms with Gasteiger partial charge >= 0.3 is 0 Å². The largest absolute Gasteiger partial charge is 0.276 e. The highest BCUT2D eigenvalue weighted by Gasteiger charge is 2.08. The number of para-hydroxylation sites is 2. The Kier molecular flexibility index (Phi) is 3.41. The first kappa shape index (κ1) is 14.0. The third kappa shape index (κ3) is 2.46. The molecule has 0 aliphatic rings. The maximum absolute atomic E-state index is 9.34. The van der Waals surface area contributed by atoms with Crippen LogP contribution in [-0.4, -0.2) is 14.6 Å². The lowest BCUT2D eigenvalue weighted by molar-refractivity contribution is 0.970. The van der Waals surface area contributed by atoms with Gasteiger partial charge in [-0.3, -0.25) is 5.43 Å². The summed E-state index contributed by atoms with van der Waals surface area (Å²) in [6.45, 7) is 0. The minimum Gasteiger partial charge on any atom is -0.276 e. The molecule has 0 aliphatic heterocycles. The average molecular weight is 310 g/mol. The number of nitrogens with zero attached hydrogens (tertiary/aromatic N) is 4. The van der Waals surface area contributed by atoms with E-state index in [2.05, 4.69) is 27.5 Å². The fraction of sp³-hybridized carbons (Fsp3) is 0. The van der Waals surface area contributed by atoms with Gasteiger partial charge in [0.15, 0.2) is 0 Å². The Morgan fingerprint density at radius 3 is 2.75 bits per heavy atom. The predicted molar refractivity (Wildman–Crippen MR) is 92.0 cm³/mol. The molecule has 2 aromatic heterocycles. The molecule has 5 heteroatoms. The SMILES string of the molecule is N#Cc1cnc(Nn2cnc3ccccc32)cc1-c1cc[c]cc1. The van der Waals surface area contributed by atoms with E-state index >= 15 is 0 Å². The predicted octanol–water partition coefficient (Wildman–Crippen LogP) is 3.65. The second-order valence-corrected chi connectivity index (χ2v) is 5.23. The summed E-state index contributed by atoms with van der Waals surface area (Å²) in [4.78, 5) is 8.67. The van der Waals surface area contributed by atoms with Crippen LogP contribution in [0.4, 0.5) is 5.82 Å². The monoisotopic (exact) mass is 310 g/mol. The maximum Gasteiger partial charge on any atom is 0.145 e. The van der Waals surface area contributed by atoms with Gasteiger partial charge in [0.25, 0.3) is 0 Å². The smallest absolute Gasteiger partial charge is 0.145 e. The van der Waals surface area contributed by atoms with Crippen molar-refractivity contribution < 1.29 is 0 Å². The molecule has 4 aromatic rings. The Balaban J connectivity index is 1.76. The van der Waals surface area contributed by atoms with Crippen molar-refractivity contribution in [2.45, 2.75) is 0 Å². The molecule has 0 fully saturated rings. The zero-order chi connectivity index (χ0) is 16.4. The van der Waals surface area contributed by atoms with Crippen molar-refractivity contribution in [2.75, 3.05) is 5.43 Å². The minimum atomic E-state index is 0.530. The molecule has 2 aromatic carbocycles. The second kappa shape index (κ2) is 5.86. The van der Waals surface area contributed by atoms with Crippen molar-refractivity contribution in [1.82, 2.24) is 14.6 Å². The number of rotatable bonds is 3. The van der Waals surface area contributed by atoms with Crippen LogP contribution in [0.5, 0.6) is 0 Å². The van der Waals surface area contributed by atoms with Crippen molar-refractivity contribution >= 4 is 16.9 Å². The molecule has 1 N–H and O–H groups in total. The number of anilines is 1. The number of imidazole rings is 1. The highest BCUT2D eigenvalue weighted by Crippen LogP contribution is 2.25. The van der Waals surface area contributed by atoms with Crippen LogP contribution in [0, 0.1) is 17.4 Å². The van der Waals surface area contributed by atoms with Crippen molar-refractivity contribution in [3.05, 3.63) is 78.8 Å². The molecule has 0 atom stereocenters. The standard InChI is InChI=1S/C19H12N5/c20-11-15-12-21-19(10-16(15)14-6-2-1-3-7-14)23-24-13-22-17-8-4-5-9-18(17)24/h2-10,12-13H,(H,21,23). The number of hydrogen-bond donors (Lipinski definition) is 1. The zero-order valence-corrected chi connectivity index (χ0v) is 12.6. The summed E-state index contributed by atoms with van der Waals surface area (Å²) in [7, 11) is 0. The molecule has 2 heterocycles. The minimum absolute atomic E-state index is 0.530. The zero-order valence-electron chi connectivity index (χ0n) is 12.6. The Morgan fingerprint density at radius 2 is 1.92 bits per heavy atom. The molecule has 113 valence electrons. The van der Waals surface area contributed by atoms with Crippen LogP contribution in [-0.2, 0) is 0 Å². The Labute approximate surface area is 138 Å². The van der Waals surface area contributed by atoms with Gasteiger partial charge in [-0.25, -0.2) is 14.6 Å². The number of aromatic nitrogens is 3. The summed E-state index contributed by atoms with van der Waals surface area (Å²) in [6, 6.07) is 22.4. The van der Waals surface area contributed by atoms with Crippen LogP contribution >= 0.6 is 0 Å². The summed E-state index contributed by atoms with van der Waals surface area (Å²) >= 11 is 0. The van der Waals surface area contributed by atoms with Gasteiger partial charge < -0.3 is 0 Å². The van der Waals surface area contributed by atoms with Gasteiger partial charge in [-0.15, -0.1) is 0 Å². The first-order valence-electron chi connectivity index (χ1n) is 7.41. The van der Waals surface area contributed by atoms with Crippen molar-refractivity contribution in [3.63, 3.8) is 0 Å². The number of fused-ring (bicyclic) bond motifs is 1. The van der Waals surface area contributed by atoms with E-state index in [0.717, 1.165) is 22.2 Å². The van der Waals surface area contributed by atoms with Gasteiger partial charge in [-0.1, -0.05) is 36.4 Å². The van der Waals surface area contributed by atoms with Crippen molar-refractivity contribution in [1.29, 1.82) is 5.26 Å². The molecule has 1 radical (unpaired) electrons. The third-order valence-electron chi connectivity index (χ3n) is 3.74. The summed E-state index contributed by atoms with van der Waals surface area (Å²) < 4.78 is 1.81. The molecular formula is C19H12N5. The number of benzene rings is 2. The fourth-order valence-corrected chi connectivity index (χ4v) is 2.58. The number of pyridine rings is 1. The van der Waals surface area contributed by atoms with Gasteiger partial charge in [-0.05, 0) is 29.8 Å². The Hall–Kier alpha value is -3.65. The second-order valence-electron chi connectivity index (χ2n) is 5.23. The average Bonchev–Trinajstić information content (AvgIpc) is 3.05. The molecule has 0 saturated carbocycles. The van der Waals surface area contributed by atoms with Gasteiger partial charge in [0.2, 0.25) is 0 Å². The quantitative estimate of drug-likeness (QED) is 0.627. The summed E-state index contributed by atoms with van der Waals surface area (Å²) in [5.74, 6) is 0.639. The highest BCUT2D eigenvalue weighted by molar-refractivity contribution is 5.76. The van der Waals surface area contributed by atoms with Crippen LogP contribution < -0.4 is 5.43 Å². The summed E-state index contributed by atoms with van der Waals surface area (Å²) in [6.07, 6.45) is 3.29. The van der Waals surface area contributed by atoms with E-state index in [9.17, 15) is 5.26 Å². The lowest BCUT2D eigenvalue weighted by atomic mass is 10.0. The number of nitriles is 1. The fourth-order valence-electron chi connectivity index (χ4n) is 2.58. The van der Waals surface area contributed by atoms with E-state index < -0.39 is 0 Å².